The van der Waals surface area contributed by atoms with Gasteiger partial charge in [-0.15, -0.1) is 0 Å². The summed E-state index contributed by atoms with van der Waals surface area (Å²) in [6.07, 6.45) is 6.91. The highest BCUT2D eigenvalue weighted by molar-refractivity contribution is 6.03. The first-order valence-electron chi connectivity index (χ1n) is 36.2. The predicted molar refractivity (Wildman–Crippen MR) is 381 cm³/mol. The van der Waals surface area contributed by atoms with E-state index in [0.717, 1.165) is 45.3 Å². The molecule has 0 aromatic heterocycles. The summed E-state index contributed by atoms with van der Waals surface area (Å²) in [7, 11) is 0. The van der Waals surface area contributed by atoms with Gasteiger partial charge in [-0.3, -0.25) is 76.6 Å². The van der Waals surface area contributed by atoms with Crippen molar-refractivity contribution in [3.63, 3.8) is 0 Å². The first kappa shape index (κ1) is 85.5. The number of rotatable bonds is 34. The maximum Gasteiger partial charge on any atom is 0.248 e. The molecular weight excluding hydrogens is 1300 g/mol. The number of piperidine rings is 1. The van der Waals surface area contributed by atoms with Crippen LogP contribution in [-0.4, -0.2) is 228 Å². The van der Waals surface area contributed by atoms with Gasteiger partial charge >= 0.3 is 0 Å². The number of carbonyl (C=O) groups excluding carboxylic acids is 14. The molecule has 4 heterocycles. The van der Waals surface area contributed by atoms with Gasteiger partial charge in [-0.25, -0.2) is 0 Å². The van der Waals surface area contributed by atoms with E-state index >= 15 is 0 Å². The normalized spacial score (nSPS) is 19.4. The molecular formula is C71H123N16O14+. The molecule has 4 rings (SSSR count). The number of likely N-dealkylation sites (tertiary alicyclic amines) is 2. The average molecular weight is 1420 g/mol. The van der Waals surface area contributed by atoms with Gasteiger partial charge in [-0.05, 0) is 173 Å². The first-order valence-corrected chi connectivity index (χ1v) is 36.2. The molecule has 1 unspecified atom stereocenters. The minimum atomic E-state index is -1.73. The molecule has 4 aliphatic heterocycles. The van der Waals surface area contributed by atoms with Crippen LogP contribution < -0.4 is 63.8 Å². The summed E-state index contributed by atoms with van der Waals surface area (Å²) in [5.74, 6) is -7.06. The summed E-state index contributed by atoms with van der Waals surface area (Å²) in [6, 6.07) is -1.83. The van der Waals surface area contributed by atoms with Crippen molar-refractivity contribution in [2.45, 2.75) is 303 Å². The van der Waals surface area contributed by atoms with Crippen molar-refractivity contribution in [2.24, 2.45) is 5.92 Å². The van der Waals surface area contributed by atoms with E-state index in [1.54, 1.807) is 27.7 Å². The maximum atomic E-state index is 14.6. The quantitative estimate of drug-likeness (QED) is 0.0401. The van der Waals surface area contributed by atoms with Crippen LogP contribution in [0.15, 0.2) is 0 Å². The largest absolute Gasteiger partial charge is 0.354 e. The second kappa shape index (κ2) is 34.3. The zero-order chi connectivity index (χ0) is 76.8. The highest BCUT2D eigenvalue weighted by Crippen LogP contribution is 2.27. The molecule has 0 radical (unpaired) electrons. The Morgan fingerprint density at radius 1 is 0.446 bits per heavy atom. The van der Waals surface area contributed by atoms with Crippen LogP contribution in [-0.2, 0) is 67.1 Å². The summed E-state index contributed by atoms with van der Waals surface area (Å²) in [5.41, 5.74) is -14.3. The Labute approximate surface area is 598 Å². The van der Waals surface area contributed by atoms with Gasteiger partial charge in [-0.1, -0.05) is 41.5 Å². The average Bonchev–Trinajstić information content (AvgIpc) is 1.23. The lowest BCUT2D eigenvalue weighted by Gasteiger charge is -2.42. The summed E-state index contributed by atoms with van der Waals surface area (Å²) >= 11 is 0. The number of hydrogen-bond donors (Lipinski definition) is 12. The van der Waals surface area contributed by atoms with Crippen molar-refractivity contribution in [3.05, 3.63) is 0 Å². The summed E-state index contributed by atoms with van der Waals surface area (Å²) in [5, 5.41) is 32.8. The number of amides is 14. The Bertz CT molecular complexity index is 3160. The lowest BCUT2D eigenvalue weighted by molar-refractivity contribution is -0.530. The monoisotopic (exact) mass is 1420 g/mol. The third-order valence-electron chi connectivity index (χ3n) is 20.4. The summed E-state index contributed by atoms with van der Waals surface area (Å²) < 4.78 is 2.44. The third-order valence-corrected chi connectivity index (χ3v) is 20.4. The van der Waals surface area contributed by atoms with Crippen molar-refractivity contribution in [2.75, 3.05) is 52.4 Å². The Kier molecular flexibility index (Phi) is 29.1. The summed E-state index contributed by atoms with van der Waals surface area (Å²) in [6.45, 7) is 36.3. The molecule has 30 nitrogen and oxygen atoms in total. The van der Waals surface area contributed by atoms with E-state index in [-0.39, 0.29) is 63.0 Å². The van der Waals surface area contributed by atoms with Crippen LogP contribution in [0.4, 0.5) is 0 Å². The predicted octanol–water partition coefficient (Wildman–Crippen LogP) is 1.06. The van der Waals surface area contributed by atoms with E-state index in [1.807, 2.05) is 6.92 Å². The van der Waals surface area contributed by atoms with Crippen LogP contribution >= 0.6 is 0 Å². The first-order chi connectivity index (χ1) is 46.5. The fraction of sp³-hybridized carbons (Fsp3) is 0.789. The molecule has 2 saturated heterocycles. The van der Waals surface area contributed by atoms with Gasteiger partial charge < -0.3 is 73.6 Å². The van der Waals surface area contributed by atoms with E-state index in [4.69, 9.17) is 0 Å². The lowest BCUT2D eigenvalue weighted by atomic mass is 9.91. The van der Waals surface area contributed by atoms with Gasteiger partial charge in [0.05, 0.1) is 38.6 Å². The fourth-order valence-corrected chi connectivity index (χ4v) is 12.6. The molecule has 12 N–H and O–H groups in total. The molecule has 0 aromatic rings. The van der Waals surface area contributed by atoms with Crippen LogP contribution in [0.3, 0.4) is 0 Å². The van der Waals surface area contributed by atoms with Gasteiger partial charge in [0.15, 0.2) is 0 Å². The second-order valence-corrected chi connectivity index (χ2v) is 31.9. The van der Waals surface area contributed by atoms with E-state index in [2.05, 4.69) is 87.1 Å². The van der Waals surface area contributed by atoms with Gasteiger partial charge in [0.25, 0.3) is 0 Å². The molecule has 2 fully saturated rings. The number of carbonyl (C=O) groups is 14. The van der Waals surface area contributed by atoms with Crippen molar-refractivity contribution >= 4 is 88.5 Å². The third kappa shape index (κ3) is 22.3. The highest BCUT2D eigenvalue weighted by Gasteiger charge is 2.49. The zero-order valence-electron chi connectivity index (χ0n) is 64.4. The van der Waals surface area contributed by atoms with Crippen molar-refractivity contribution in [1.82, 2.24) is 78.5 Å². The molecule has 0 aromatic carbocycles. The van der Waals surface area contributed by atoms with Gasteiger partial charge in [-0.2, -0.15) is 0 Å². The molecule has 30 heteroatoms. The Hall–Kier alpha value is -7.95. The molecule has 7 atom stereocenters. The number of amidine groups is 1. The molecule has 0 spiro atoms. The van der Waals surface area contributed by atoms with Gasteiger partial charge in [0.1, 0.15) is 68.5 Å². The Morgan fingerprint density at radius 3 is 1.40 bits per heavy atom. The molecule has 0 bridgehead atoms. The topological polar surface area (TPSA) is 396 Å². The number of nitrogens with zero attached hydrogens (tertiary/aromatic N) is 4. The van der Waals surface area contributed by atoms with Crippen molar-refractivity contribution in [3.8, 4) is 0 Å². The van der Waals surface area contributed by atoms with Crippen LogP contribution in [0.5, 0.6) is 0 Å². The van der Waals surface area contributed by atoms with Crippen LogP contribution in [0.1, 0.15) is 235 Å². The smallest absolute Gasteiger partial charge is 0.248 e. The molecule has 4 aliphatic rings. The molecule has 0 saturated carbocycles. The minimum Gasteiger partial charge on any atom is -0.354 e. The molecule has 570 valence electrons. The standard InChI is InChI=1S/C71H122N16O14/c1-22-68(18,83-61(100)70(20,24-3)77-52(91)47-32-28-40-86(47)45(7)88)58(97)72-35-34-49(89)73-42-50(90)75-63(8,9)54(93)78-66(14,15)57(96)82-71(21,25-4)60(99)81-65(12,13)55(94)79-64(10,11)56(95)80-67(16,17)62(101)87-39-27-26-31-48(87)53(92)76-69(19,23-2)59(98)74-46(41-44(5)6)43-85-38-30-37-84-36-29-33-51(84)85/h44,46-48H,22-43H2,1-21H3,(H11-,72,73,74,75,76,77,78,79,80,81,82,83,89,90,91,92,93,94,95,96,97,98,99,100)/p+1/t46?,47-,48-,68-,69-,70-,71-/m0/s1. The fourth-order valence-electron chi connectivity index (χ4n) is 12.6. The molecule has 14 amide bonds. The number of nitrogens with one attached hydrogen (secondary N) is 12. The van der Waals surface area contributed by atoms with E-state index in [0.29, 0.717) is 51.1 Å². The van der Waals surface area contributed by atoms with Gasteiger partial charge in [0, 0.05) is 39.4 Å². The Balaban J connectivity index is 1.28. The van der Waals surface area contributed by atoms with Crippen LogP contribution in [0.2, 0.25) is 0 Å². The SMILES string of the molecule is CC[C@](C)(NC(=O)[C@@H]1CCCN1C(C)=O)C(=O)N[C@@](C)(CC)C(=O)NCCC(=O)NCC(=O)NC(C)(C)C(=O)NC(C)(C)C(=O)N[C@@](C)(CC)C(=O)NC(C)(C)C(=O)NC(C)(C)C(=O)NC(C)(C)C(=O)N1CCCC[C@H]1C(=O)N[C@@](C)(CC)C(=O)NC(CC(C)C)CN1CCC[N+]2=C1CCC2. The minimum absolute atomic E-state index is 0.00576. The number of hydrogen-bond acceptors (Lipinski definition) is 15. The lowest BCUT2D eigenvalue weighted by Crippen LogP contribution is -2.70. The molecule has 0 aliphatic carbocycles. The van der Waals surface area contributed by atoms with Gasteiger partial charge in [0.2, 0.25) is 88.5 Å². The van der Waals surface area contributed by atoms with Crippen molar-refractivity contribution in [1.29, 1.82) is 0 Å². The summed E-state index contributed by atoms with van der Waals surface area (Å²) in [4.78, 5) is 197. The maximum absolute atomic E-state index is 14.6. The highest BCUT2D eigenvalue weighted by atomic mass is 16.2. The second-order valence-electron chi connectivity index (χ2n) is 31.9. The molecule has 101 heavy (non-hydrogen) atoms. The van der Waals surface area contributed by atoms with E-state index in [9.17, 15) is 67.1 Å². The van der Waals surface area contributed by atoms with E-state index in [1.165, 1.54) is 113 Å². The van der Waals surface area contributed by atoms with Crippen LogP contribution in [0, 0.1) is 5.92 Å². The Morgan fingerprint density at radius 2 is 0.871 bits per heavy atom. The zero-order valence-corrected chi connectivity index (χ0v) is 64.4. The van der Waals surface area contributed by atoms with Crippen LogP contribution in [0.25, 0.3) is 0 Å². The van der Waals surface area contributed by atoms with Crippen molar-refractivity contribution < 1.29 is 71.7 Å². The van der Waals surface area contributed by atoms with E-state index < -0.39 is 139 Å².